The third-order valence-electron chi connectivity index (χ3n) is 1.97. The largest absolute Gasteiger partial charge is 0.478 e. The van der Waals surface area contributed by atoms with Crippen LogP contribution in [0.15, 0.2) is 42.5 Å². The van der Waals surface area contributed by atoms with Gasteiger partial charge in [0.15, 0.2) is 0 Å². The van der Waals surface area contributed by atoms with Gasteiger partial charge < -0.3 is 15.5 Å². The van der Waals surface area contributed by atoms with Gasteiger partial charge in [-0.15, -0.1) is 0 Å². The Kier molecular flexibility index (Phi) is 5.04. The molecule has 6 heteroatoms. The molecule has 0 atom stereocenters. The van der Waals surface area contributed by atoms with Crippen molar-refractivity contribution in [2.24, 2.45) is 0 Å². The molecule has 0 radical (unpaired) electrons. The van der Waals surface area contributed by atoms with Gasteiger partial charge in [-0.1, -0.05) is 12.1 Å². The first kappa shape index (κ1) is 14.2. The van der Waals surface area contributed by atoms with Crippen molar-refractivity contribution in [2.45, 2.75) is 0 Å². The monoisotopic (exact) mass is 261 g/mol. The van der Waals surface area contributed by atoms with E-state index in [9.17, 15) is 14.4 Å². The summed E-state index contributed by atoms with van der Waals surface area (Å²) in [6, 6.07) is 6.40. The van der Waals surface area contributed by atoms with Crippen molar-refractivity contribution in [3.8, 4) is 0 Å². The maximum atomic E-state index is 11.3. The second-order valence-corrected chi connectivity index (χ2v) is 3.45. The van der Waals surface area contributed by atoms with Crippen LogP contribution in [0.3, 0.4) is 0 Å². The van der Waals surface area contributed by atoms with Crippen LogP contribution >= 0.6 is 0 Å². The summed E-state index contributed by atoms with van der Waals surface area (Å²) in [6.07, 6.45) is 4.06. The fourth-order valence-corrected chi connectivity index (χ4v) is 1.18. The zero-order valence-corrected chi connectivity index (χ0v) is 9.74. The molecule has 1 aromatic rings. The second kappa shape index (κ2) is 6.75. The Morgan fingerprint density at radius 2 is 1.47 bits per heavy atom. The standard InChI is InChI=1S/C13H11NO5/c15-11(6-8-13(18)19)14-10-4-1-9(2-5-10)3-7-12(16)17/h1-8H,(H,14,15)(H,16,17)(H,18,19). The van der Waals surface area contributed by atoms with Gasteiger partial charge in [0.05, 0.1) is 0 Å². The van der Waals surface area contributed by atoms with E-state index in [0.717, 1.165) is 18.2 Å². The Labute approximate surface area is 108 Å². The number of rotatable bonds is 5. The molecule has 1 rings (SSSR count). The van der Waals surface area contributed by atoms with Gasteiger partial charge >= 0.3 is 11.9 Å². The molecule has 98 valence electrons. The van der Waals surface area contributed by atoms with E-state index in [-0.39, 0.29) is 0 Å². The predicted octanol–water partition coefficient (Wildman–Crippen LogP) is 1.36. The third kappa shape index (κ3) is 5.83. The molecule has 0 saturated heterocycles. The maximum absolute atomic E-state index is 11.3. The minimum atomic E-state index is -1.20. The number of aliphatic carboxylic acids is 2. The van der Waals surface area contributed by atoms with Crippen molar-refractivity contribution in [1.82, 2.24) is 0 Å². The first-order valence-electron chi connectivity index (χ1n) is 5.20. The molecule has 1 aromatic carbocycles. The lowest BCUT2D eigenvalue weighted by Crippen LogP contribution is -2.08. The number of hydrogen-bond donors (Lipinski definition) is 3. The molecule has 3 N–H and O–H groups in total. The minimum Gasteiger partial charge on any atom is -0.478 e. The van der Waals surface area contributed by atoms with E-state index in [4.69, 9.17) is 10.2 Å². The second-order valence-electron chi connectivity index (χ2n) is 3.45. The van der Waals surface area contributed by atoms with Crippen LogP contribution < -0.4 is 5.32 Å². The lowest BCUT2D eigenvalue weighted by Gasteiger charge is -2.02. The van der Waals surface area contributed by atoms with Crippen molar-refractivity contribution in [3.63, 3.8) is 0 Å². The highest BCUT2D eigenvalue weighted by Gasteiger charge is 1.98. The molecular weight excluding hydrogens is 250 g/mol. The normalized spacial score (nSPS) is 10.7. The first-order valence-corrected chi connectivity index (χ1v) is 5.20. The molecule has 0 unspecified atom stereocenters. The summed E-state index contributed by atoms with van der Waals surface area (Å²) >= 11 is 0. The summed E-state index contributed by atoms with van der Waals surface area (Å²) in [5.74, 6) is -2.81. The van der Waals surface area contributed by atoms with Crippen LogP contribution in [0, 0.1) is 0 Å². The molecule has 6 nitrogen and oxygen atoms in total. The molecule has 1 amide bonds. The summed E-state index contributed by atoms with van der Waals surface area (Å²) in [7, 11) is 0. The summed E-state index contributed by atoms with van der Waals surface area (Å²) in [4.78, 5) is 31.8. The number of carbonyl (C=O) groups is 3. The average molecular weight is 261 g/mol. The predicted molar refractivity (Wildman–Crippen MR) is 68.5 cm³/mol. The van der Waals surface area contributed by atoms with Gasteiger partial charge in [-0.2, -0.15) is 0 Å². The van der Waals surface area contributed by atoms with Gasteiger partial charge in [-0.25, -0.2) is 9.59 Å². The van der Waals surface area contributed by atoms with Crippen molar-refractivity contribution < 1.29 is 24.6 Å². The van der Waals surface area contributed by atoms with Crippen LogP contribution in [0.1, 0.15) is 5.56 Å². The van der Waals surface area contributed by atoms with E-state index in [1.165, 1.54) is 6.08 Å². The van der Waals surface area contributed by atoms with Gasteiger partial charge in [0, 0.05) is 23.9 Å². The quantitative estimate of drug-likeness (QED) is 0.694. The lowest BCUT2D eigenvalue weighted by atomic mass is 10.2. The van der Waals surface area contributed by atoms with Gasteiger partial charge in [-0.05, 0) is 23.8 Å². The number of benzene rings is 1. The number of carboxylic acids is 2. The molecule has 0 heterocycles. The Morgan fingerprint density at radius 3 is 2.00 bits per heavy atom. The van der Waals surface area contributed by atoms with Crippen molar-refractivity contribution >= 4 is 29.6 Å². The van der Waals surface area contributed by atoms with Crippen molar-refractivity contribution in [2.75, 3.05) is 5.32 Å². The van der Waals surface area contributed by atoms with E-state index >= 15 is 0 Å². The first-order chi connectivity index (χ1) is 8.97. The van der Waals surface area contributed by atoms with Gasteiger partial charge in [0.1, 0.15) is 0 Å². The summed E-state index contributed by atoms with van der Waals surface area (Å²) in [5, 5.41) is 19.3. The maximum Gasteiger partial charge on any atom is 0.328 e. The number of carbonyl (C=O) groups excluding carboxylic acids is 1. The molecule has 0 aromatic heterocycles. The Balaban J connectivity index is 2.64. The third-order valence-corrected chi connectivity index (χ3v) is 1.97. The van der Waals surface area contributed by atoms with E-state index in [0.29, 0.717) is 11.3 Å². The molecule has 0 bridgehead atoms. The Bertz CT molecular complexity index is 543. The van der Waals surface area contributed by atoms with Crippen molar-refractivity contribution in [1.29, 1.82) is 0 Å². The SMILES string of the molecule is O=C(O)C=CC(=O)Nc1ccc(C=CC(=O)O)cc1. The summed E-state index contributed by atoms with van der Waals surface area (Å²) < 4.78 is 0. The molecule has 0 saturated carbocycles. The number of anilines is 1. The summed E-state index contributed by atoms with van der Waals surface area (Å²) in [5.41, 5.74) is 1.15. The highest BCUT2D eigenvalue weighted by atomic mass is 16.4. The van der Waals surface area contributed by atoms with Crippen LogP contribution in [0.5, 0.6) is 0 Å². The fraction of sp³-hybridized carbons (Fsp3) is 0. The van der Waals surface area contributed by atoms with Gasteiger partial charge in [0.2, 0.25) is 5.91 Å². The highest BCUT2D eigenvalue weighted by molar-refractivity contribution is 6.02. The molecule has 19 heavy (non-hydrogen) atoms. The average Bonchev–Trinajstić information content (AvgIpc) is 2.35. The molecule has 0 aliphatic heterocycles. The summed E-state index contributed by atoms with van der Waals surface area (Å²) in [6.45, 7) is 0. The number of amides is 1. The molecule has 0 fully saturated rings. The zero-order valence-electron chi connectivity index (χ0n) is 9.74. The van der Waals surface area contributed by atoms with Crippen LogP contribution in [0.4, 0.5) is 5.69 Å². The minimum absolute atomic E-state index is 0.479. The Morgan fingerprint density at radius 1 is 0.895 bits per heavy atom. The van der Waals surface area contributed by atoms with Crippen LogP contribution in [-0.4, -0.2) is 28.1 Å². The smallest absolute Gasteiger partial charge is 0.328 e. The molecule has 0 spiro atoms. The number of hydrogen-bond acceptors (Lipinski definition) is 3. The number of nitrogens with one attached hydrogen (secondary N) is 1. The van der Waals surface area contributed by atoms with E-state index in [1.807, 2.05) is 0 Å². The highest BCUT2D eigenvalue weighted by Crippen LogP contribution is 2.10. The molecular formula is C13H11NO5. The van der Waals surface area contributed by atoms with Crippen LogP contribution in [0.25, 0.3) is 6.08 Å². The van der Waals surface area contributed by atoms with Crippen LogP contribution in [-0.2, 0) is 14.4 Å². The topological polar surface area (TPSA) is 104 Å². The van der Waals surface area contributed by atoms with E-state index in [1.54, 1.807) is 24.3 Å². The molecule has 0 aliphatic carbocycles. The number of carboxylic acid groups (broad SMARTS) is 2. The zero-order chi connectivity index (χ0) is 14.3. The van der Waals surface area contributed by atoms with E-state index < -0.39 is 17.8 Å². The van der Waals surface area contributed by atoms with Crippen molar-refractivity contribution in [3.05, 3.63) is 48.1 Å². The van der Waals surface area contributed by atoms with Crippen LogP contribution in [0.2, 0.25) is 0 Å². The lowest BCUT2D eigenvalue weighted by molar-refractivity contribution is -0.132. The Hall–Kier alpha value is -2.89. The molecule has 0 aliphatic rings. The van der Waals surface area contributed by atoms with Gasteiger partial charge in [0.25, 0.3) is 0 Å². The van der Waals surface area contributed by atoms with E-state index in [2.05, 4.69) is 5.32 Å². The van der Waals surface area contributed by atoms with Gasteiger partial charge in [-0.3, -0.25) is 4.79 Å². The fourth-order valence-electron chi connectivity index (χ4n) is 1.18.